The summed E-state index contributed by atoms with van der Waals surface area (Å²) >= 11 is 5.86. The van der Waals surface area contributed by atoms with Gasteiger partial charge < -0.3 is 9.84 Å². The smallest absolute Gasteiger partial charge is 0.126 e. The van der Waals surface area contributed by atoms with Gasteiger partial charge in [-0.1, -0.05) is 11.6 Å². The molecule has 0 aromatic heterocycles. The van der Waals surface area contributed by atoms with Gasteiger partial charge in [-0.2, -0.15) is 0 Å². The van der Waals surface area contributed by atoms with Crippen molar-refractivity contribution in [1.29, 1.82) is 0 Å². The van der Waals surface area contributed by atoms with E-state index in [-0.39, 0.29) is 17.8 Å². The van der Waals surface area contributed by atoms with Crippen molar-refractivity contribution in [2.24, 2.45) is 0 Å². The molecule has 1 unspecified atom stereocenters. The lowest BCUT2D eigenvalue weighted by Gasteiger charge is -2.41. The summed E-state index contributed by atoms with van der Waals surface area (Å²) in [6.07, 6.45) is 1.28. The summed E-state index contributed by atoms with van der Waals surface area (Å²) in [4.78, 5) is 0. The molecule has 1 saturated heterocycles. The molecule has 0 aliphatic carbocycles. The second-order valence-electron chi connectivity index (χ2n) is 5.67. The first-order valence-electron chi connectivity index (χ1n) is 6.10. The van der Waals surface area contributed by atoms with Crippen LogP contribution in [-0.2, 0) is 11.2 Å². The van der Waals surface area contributed by atoms with Crippen LogP contribution in [-0.4, -0.2) is 22.9 Å². The van der Waals surface area contributed by atoms with Gasteiger partial charge in [0.15, 0.2) is 0 Å². The Morgan fingerprint density at radius 2 is 2.17 bits per heavy atom. The van der Waals surface area contributed by atoms with Gasteiger partial charge in [0.05, 0.1) is 17.8 Å². The molecule has 0 spiro atoms. The lowest BCUT2D eigenvalue weighted by atomic mass is 9.80. The highest BCUT2D eigenvalue weighted by atomic mass is 35.5. The van der Waals surface area contributed by atoms with Gasteiger partial charge in [-0.25, -0.2) is 4.39 Å². The van der Waals surface area contributed by atoms with Crippen LogP contribution >= 0.6 is 11.6 Å². The first kappa shape index (κ1) is 13.8. The quantitative estimate of drug-likeness (QED) is 0.895. The number of rotatable bonds is 2. The molecule has 1 N–H and O–H groups in total. The van der Waals surface area contributed by atoms with Crippen LogP contribution in [0.4, 0.5) is 4.39 Å². The summed E-state index contributed by atoms with van der Waals surface area (Å²) in [6.45, 7) is 4.36. The van der Waals surface area contributed by atoms with Gasteiger partial charge in [-0.05, 0) is 44.0 Å². The molecule has 1 heterocycles. The molecule has 2 nitrogen and oxygen atoms in total. The van der Waals surface area contributed by atoms with Crippen LogP contribution in [0.2, 0.25) is 5.02 Å². The molecule has 18 heavy (non-hydrogen) atoms. The number of aliphatic hydroxyl groups is 1. The van der Waals surface area contributed by atoms with E-state index in [1.807, 2.05) is 13.8 Å². The molecule has 1 fully saturated rings. The number of benzene rings is 1. The van der Waals surface area contributed by atoms with Gasteiger partial charge in [0.2, 0.25) is 0 Å². The maximum Gasteiger partial charge on any atom is 0.126 e. The van der Waals surface area contributed by atoms with Gasteiger partial charge in [-0.3, -0.25) is 0 Å². The van der Waals surface area contributed by atoms with E-state index in [1.165, 1.54) is 12.1 Å². The van der Waals surface area contributed by atoms with Crippen LogP contribution in [0.15, 0.2) is 18.2 Å². The second-order valence-corrected chi connectivity index (χ2v) is 6.11. The predicted molar refractivity (Wildman–Crippen MR) is 69.3 cm³/mol. The van der Waals surface area contributed by atoms with Crippen LogP contribution in [0.5, 0.6) is 0 Å². The van der Waals surface area contributed by atoms with Crippen LogP contribution in [0.3, 0.4) is 0 Å². The van der Waals surface area contributed by atoms with E-state index in [1.54, 1.807) is 6.07 Å². The van der Waals surface area contributed by atoms with E-state index in [0.29, 0.717) is 30.0 Å². The van der Waals surface area contributed by atoms with E-state index in [0.717, 1.165) is 0 Å². The summed E-state index contributed by atoms with van der Waals surface area (Å²) in [5.74, 6) is -0.322. The molecule has 0 saturated carbocycles. The minimum Gasteiger partial charge on any atom is -0.389 e. The fourth-order valence-corrected chi connectivity index (χ4v) is 2.83. The second kappa shape index (κ2) is 4.80. The van der Waals surface area contributed by atoms with Gasteiger partial charge in [0, 0.05) is 17.9 Å². The van der Waals surface area contributed by atoms with E-state index in [4.69, 9.17) is 16.3 Å². The monoisotopic (exact) mass is 272 g/mol. The number of hydrogen-bond acceptors (Lipinski definition) is 2. The van der Waals surface area contributed by atoms with Gasteiger partial charge >= 0.3 is 0 Å². The molecule has 1 aliphatic rings. The highest BCUT2D eigenvalue weighted by Crippen LogP contribution is 2.35. The van der Waals surface area contributed by atoms with E-state index >= 15 is 0 Å². The molecule has 1 aromatic rings. The Hall–Kier alpha value is -0.640. The summed E-state index contributed by atoms with van der Waals surface area (Å²) < 4.78 is 19.3. The summed E-state index contributed by atoms with van der Waals surface area (Å²) in [6, 6.07) is 4.43. The molecule has 0 bridgehead atoms. The molecule has 4 heteroatoms. The molecule has 2 rings (SSSR count). The number of halogens is 2. The van der Waals surface area contributed by atoms with Crippen molar-refractivity contribution < 1.29 is 14.2 Å². The van der Waals surface area contributed by atoms with E-state index in [2.05, 4.69) is 0 Å². The molecule has 0 radical (unpaired) electrons. The lowest BCUT2D eigenvalue weighted by Crippen LogP contribution is -2.47. The van der Waals surface area contributed by atoms with Crippen molar-refractivity contribution in [3.05, 3.63) is 34.6 Å². The molecule has 1 aliphatic heterocycles. The number of hydrogen-bond donors (Lipinski definition) is 1. The molecule has 0 amide bonds. The molecule has 1 aromatic carbocycles. The lowest BCUT2D eigenvalue weighted by molar-refractivity contribution is -0.143. The Labute approximate surface area is 112 Å². The molecule has 1 atom stereocenters. The highest BCUT2D eigenvalue weighted by Gasteiger charge is 2.39. The van der Waals surface area contributed by atoms with Gasteiger partial charge in [0.25, 0.3) is 0 Å². The fourth-order valence-electron chi connectivity index (χ4n) is 2.63. The van der Waals surface area contributed by atoms with Crippen LogP contribution < -0.4 is 0 Å². The van der Waals surface area contributed by atoms with Crippen molar-refractivity contribution in [1.82, 2.24) is 0 Å². The van der Waals surface area contributed by atoms with Crippen LogP contribution in [0.25, 0.3) is 0 Å². The van der Waals surface area contributed by atoms with Crippen molar-refractivity contribution in [3.8, 4) is 0 Å². The van der Waals surface area contributed by atoms with Gasteiger partial charge in [0.1, 0.15) is 5.82 Å². The maximum atomic E-state index is 13.7. The summed E-state index contributed by atoms with van der Waals surface area (Å²) in [7, 11) is 0. The maximum absolute atomic E-state index is 13.7. The van der Waals surface area contributed by atoms with E-state index in [9.17, 15) is 9.50 Å². The Morgan fingerprint density at radius 3 is 2.83 bits per heavy atom. The first-order chi connectivity index (χ1) is 8.30. The van der Waals surface area contributed by atoms with Crippen LogP contribution in [0.1, 0.15) is 32.3 Å². The van der Waals surface area contributed by atoms with Crippen molar-refractivity contribution in [3.63, 3.8) is 0 Å². The fraction of sp³-hybridized carbons (Fsp3) is 0.571. The SMILES string of the molecule is CC1(C)CC(O)(Cc2cc(Cl)ccc2F)CCO1. The Morgan fingerprint density at radius 1 is 1.44 bits per heavy atom. The summed E-state index contributed by atoms with van der Waals surface area (Å²) in [5.41, 5.74) is -0.835. The normalized spacial score (nSPS) is 27.2. The zero-order valence-electron chi connectivity index (χ0n) is 10.7. The topological polar surface area (TPSA) is 29.5 Å². The first-order valence-corrected chi connectivity index (χ1v) is 6.48. The minimum atomic E-state index is -0.923. The largest absolute Gasteiger partial charge is 0.389 e. The Bertz CT molecular complexity index is 447. The zero-order valence-corrected chi connectivity index (χ0v) is 11.4. The van der Waals surface area contributed by atoms with Gasteiger partial charge in [-0.15, -0.1) is 0 Å². The predicted octanol–water partition coefficient (Wildman–Crippen LogP) is 3.34. The zero-order chi connectivity index (χ0) is 13.4. The van der Waals surface area contributed by atoms with Crippen molar-refractivity contribution in [2.75, 3.05) is 6.61 Å². The van der Waals surface area contributed by atoms with Crippen LogP contribution in [0, 0.1) is 5.82 Å². The third-order valence-corrected chi connectivity index (χ3v) is 3.58. The molecular weight excluding hydrogens is 255 g/mol. The average molecular weight is 273 g/mol. The standard InChI is InChI=1S/C14H18ClFO2/c1-13(2)9-14(17,5-6-18-13)8-10-7-11(15)3-4-12(10)16/h3-4,7,17H,5-6,8-9H2,1-2H3. The third kappa shape index (κ3) is 3.22. The molecule has 100 valence electrons. The third-order valence-electron chi connectivity index (χ3n) is 3.34. The van der Waals surface area contributed by atoms with E-state index < -0.39 is 5.60 Å². The summed E-state index contributed by atoms with van der Waals surface area (Å²) in [5, 5.41) is 11.1. The Balaban J connectivity index is 2.19. The average Bonchev–Trinajstić information content (AvgIpc) is 2.21. The highest BCUT2D eigenvalue weighted by molar-refractivity contribution is 6.30. The van der Waals surface area contributed by atoms with Crippen molar-refractivity contribution >= 4 is 11.6 Å². The number of ether oxygens (including phenoxy) is 1. The minimum absolute atomic E-state index is 0.270. The molecular formula is C14H18ClFO2. The van der Waals surface area contributed by atoms with Crippen molar-refractivity contribution in [2.45, 2.75) is 44.3 Å². The Kier molecular flexibility index (Phi) is 3.67.